The van der Waals surface area contributed by atoms with E-state index in [0.717, 1.165) is 44.6 Å². The summed E-state index contributed by atoms with van der Waals surface area (Å²) in [5, 5.41) is 8.10. The first kappa shape index (κ1) is 13.4. The van der Waals surface area contributed by atoms with Gasteiger partial charge >= 0.3 is 0 Å². The highest BCUT2D eigenvalue weighted by Crippen LogP contribution is 2.13. The first-order valence-corrected chi connectivity index (χ1v) is 6.71. The maximum atomic E-state index is 11.4. The highest BCUT2D eigenvalue weighted by Gasteiger charge is 2.18. The average Bonchev–Trinajstić information content (AvgIpc) is 2.88. The van der Waals surface area contributed by atoms with Crippen molar-refractivity contribution in [1.82, 2.24) is 20.0 Å². The molecule has 2 rings (SSSR count). The highest BCUT2D eigenvalue weighted by atomic mass is 35.5. The fraction of sp³-hybridized carbons (Fsp3) is 0.667. The van der Waals surface area contributed by atoms with E-state index in [4.69, 9.17) is 11.6 Å². The van der Waals surface area contributed by atoms with Gasteiger partial charge in [-0.05, 0) is 19.4 Å². The van der Waals surface area contributed by atoms with E-state index in [1.165, 1.54) is 0 Å². The number of halogens is 1. The number of aromatic nitrogens is 2. The standard InChI is InChI=1S/C12H19ClN4O/c1-16-11(10(13)8-15-16)9-14-5-3-7-17-6-2-4-12(17)18/h8,14H,2-7,9H2,1H3. The molecule has 0 bridgehead atoms. The second kappa shape index (κ2) is 6.20. The minimum absolute atomic E-state index is 0.296. The van der Waals surface area contributed by atoms with Gasteiger partial charge in [0.15, 0.2) is 0 Å². The molecule has 0 radical (unpaired) electrons. The summed E-state index contributed by atoms with van der Waals surface area (Å²) in [6, 6.07) is 0. The zero-order valence-corrected chi connectivity index (χ0v) is 11.4. The van der Waals surface area contributed by atoms with Crippen LogP contribution in [0.3, 0.4) is 0 Å². The van der Waals surface area contributed by atoms with Crippen molar-refractivity contribution in [3.05, 3.63) is 16.9 Å². The number of carbonyl (C=O) groups excluding carboxylic acids is 1. The summed E-state index contributed by atoms with van der Waals surface area (Å²) in [5.41, 5.74) is 0.994. The van der Waals surface area contributed by atoms with Gasteiger partial charge in [0, 0.05) is 33.1 Å². The maximum absolute atomic E-state index is 11.4. The Hall–Kier alpha value is -1.07. The van der Waals surface area contributed by atoms with Crippen molar-refractivity contribution in [2.75, 3.05) is 19.6 Å². The van der Waals surface area contributed by atoms with E-state index in [1.54, 1.807) is 10.9 Å². The molecular formula is C12H19ClN4O. The van der Waals surface area contributed by atoms with E-state index in [9.17, 15) is 4.79 Å². The number of likely N-dealkylation sites (tertiary alicyclic amines) is 1. The molecule has 0 saturated carbocycles. The fourth-order valence-corrected chi connectivity index (χ4v) is 2.41. The largest absolute Gasteiger partial charge is 0.343 e. The minimum atomic E-state index is 0.296. The van der Waals surface area contributed by atoms with Crippen molar-refractivity contribution in [3.8, 4) is 0 Å². The van der Waals surface area contributed by atoms with E-state index < -0.39 is 0 Å². The van der Waals surface area contributed by atoms with Gasteiger partial charge in [-0.3, -0.25) is 9.48 Å². The lowest BCUT2D eigenvalue weighted by atomic mass is 10.3. The molecule has 5 nitrogen and oxygen atoms in total. The summed E-state index contributed by atoms with van der Waals surface area (Å²) in [6.07, 6.45) is 4.36. The lowest BCUT2D eigenvalue weighted by Crippen LogP contribution is -2.28. The molecule has 0 aliphatic carbocycles. The molecule has 1 N–H and O–H groups in total. The summed E-state index contributed by atoms with van der Waals surface area (Å²) < 4.78 is 1.78. The lowest BCUT2D eigenvalue weighted by Gasteiger charge is -2.15. The number of hydrogen-bond donors (Lipinski definition) is 1. The topological polar surface area (TPSA) is 50.2 Å². The van der Waals surface area contributed by atoms with Gasteiger partial charge in [-0.2, -0.15) is 5.10 Å². The van der Waals surface area contributed by atoms with Crippen molar-refractivity contribution in [2.45, 2.75) is 25.8 Å². The van der Waals surface area contributed by atoms with Gasteiger partial charge in [-0.15, -0.1) is 0 Å². The molecule has 18 heavy (non-hydrogen) atoms. The summed E-state index contributed by atoms with van der Waals surface area (Å²) in [6.45, 7) is 3.37. The third-order valence-corrected chi connectivity index (χ3v) is 3.57. The molecule has 0 spiro atoms. The molecule has 1 saturated heterocycles. The lowest BCUT2D eigenvalue weighted by molar-refractivity contribution is -0.127. The van der Waals surface area contributed by atoms with Crippen molar-refractivity contribution in [3.63, 3.8) is 0 Å². The molecule has 1 aromatic heterocycles. The molecule has 100 valence electrons. The first-order valence-electron chi connectivity index (χ1n) is 6.33. The van der Waals surface area contributed by atoms with Crippen molar-refractivity contribution < 1.29 is 4.79 Å². The van der Waals surface area contributed by atoms with Crippen molar-refractivity contribution in [1.29, 1.82) is 0 Å². The van der Waals surface area contributed by atoms with Crippen LogP contribution < -0.4 is 5.32 Å². The molecular weight excluding hydrogens is 252 g/mol. The summed E-state index contributed by atoms with van der Waals surface area (Å²) in [4.78, 5) is 13.3. The molecule has 1 aromatic rings. The van der Waals surface area contributed by atoms with Gasteiger partial charge in [-0.25, -0.2) is 0 Å². The van der Waals surface area contributed by atoms with Gasteiger partial charge in [0.25, 0.3) is 0 Å². The van der Waals surface area contributed by atoms with Crippen molar-refractivity contribution >= 4 is 17.5 Å². The van der Waals surface area contributed by atoms with Crippen LogP contribution >= 0.6 is 11.6 Å². The van der Waals surface area contributed by atoms with E-state index in [1.807, 2.05) is 11.9 Å². The van der Waals surface area contributed by atoms with Crippen LogP contribution in [0.1, 0.15) is 25.0 Å². The van der Waals surface area contributed by atoms with Crippen LogP contribution in [-0.4, -0.2) is 40.2 Å². The van der Waals surface area contributed by atoms with Gasteiger partial charge in [0.1, 0.15) is 0 Å². The predicted octanol–water partition coefficient (Wildman–Crippen LogP) is 1.18. The van der Waals surface area contributed by atoms with E-state index in [0.29, 0.717) is 17.5 Å². The second-order valence-corrected chi connectivity index (χ2v) is 4.98. The van der Waals surface area contributed by atoms with Crippen LogP contribution in [0.4, 0.5) is 0 Å². The Morgan fingerprint density at radius 2 is 2.39 bits per heavy atom. The molecule has 1 amide bonds. The molecule has 0 aromatic carbocycles. The Balaban J connectivity index is 1.63. The summed E-state index contributed by atoms with van der Waals surface area (Å²) >= 11 is 6.00. The highest BCUT2D eigenvalue weighted by molar-refractivity contribution is 6.31. The number of rotatable bonds is 6. The Kier molecular flexibility index (Phi) is 4.60. The molecule has 2 heterocycles. The van der Waals surface area contributed by atoms with E-state index in [2.05, 4.69) is 10.4 Å². The number of carbonyl (C=O) groups is 1. The van der Waals surface area contributed by atoms with Crippen LogP contribution in [0.25, 0.3) is 0 Å². The van der Waals surface area contributed by atoms with Crippen LogP contribution in [0.5, 0.6) is 0 Å². The quantitative estimate of drug-likeness (QED) is 0.790. The monoisotopic (exact) mass is 270 g/mol. The van der Waals surface area contributed by atoms with Crippen LogP contribution in [0.2, 0.25) is 5.02 Å². The maximum Gasteiger partial charge on any atom is 0.222 e. The Morgan fingerprint density at radius 1 is 1.56 bits per heavy atom. The van der Waals surface area contributed by atoms with Gasteiger partial charge in [0.05, 0.1) is 16.9 Å². The zero-order valence-electron chi connectivity index (χ0n) is 10.7. The number of aryl methyl sites for hydroxylation is 1. The third-order valence-electron chi connectivity index (χ3n) is 3.26. The average molecular weight is 271 g/mol. The second-order valence-electron chi connectivity index (χ2n) is 4.58. The minimum Gasteiger partial charge on any atom is -0.343 e. The Labute approximate surface area is 112 Å². The van der Waals surface area contributed by atoms with Gasteiger partial charge < -0.3 is 10.2 Å². The smallest absolute Gasteiger partial charge is 0.222 e. The number of hydrogen-bond acceptors (Lipinski definition) is 3. The zero-order chi connectivity index (χ0) is 13.0. The first-order chi connectivity index (χ1) is 8.68. The molecule has 1 fully saturated rings. The molecule has 0 unspecified atom stereocenters. The Morgan fingerprint density at radius 3 is 3.00 bits per heavy atom. The van der Waals surface area contributed by atoms with Gasteiger partial charge in [-0.1, -0.05) is 11.6 Å². The number of nitrogens with zero attached hydrogens (tertiary/aromatic N) is 3. The van der Waals surface area contributed by atoms with Crippen LogP contribution in [0, 0.1) is 0 Å². The van der Waals surface area contributed by atoms with Crippen LogP contribution in [-0.2, 0) is 18.4 Å². The van der Waals surface area contributed by atoms with Crippen LogP contribution in [0.15, 0.2) is 6.20 Å². The normalized spacial score (nSPS) is 15.7. The van der Waals surface area contributed by atoms with E-state index >= 15 is 0 Å². The SMILES string of the molecule is Cn1ncc(Cl)c1CNCCCN1CCCC1=O. The summed E-state index contributed by atoms with van der Waals surface area (Å²) in [7, 11) is 1.88. The van der Waals surface area contributed by atoms with E-state index in [-0.39, 0.29) is 0 Å². The number of amides is 1. The predicted molar refractivity (Wildman–Crippen MR) is 70.4 cm³/mol. The molecule has 1 aliphatic heterocycles. The van der Waals surface area contributed by atoms with Crippen molar-refractivity contribution in [2.24, 2.45) is 7.05 Å². The third kappa shape index (κ3) is 3.23. The molecule has 1 aliphatic rings. The summed E-state index contributed by atoms with van der Waals surface area (Å²) in [5.74, 6) is 0.296. The van der Waals surface area contributed by atoms with Gasteiger partial charge in [0.2, 0.25) is 5.91 Å². The number of nitrogens with one attached hydrogen (secondary N) is 1. The Bertz CT molecular complexity index is 399. The molecule has 6 heteroatoms. The molecule has 0 atom stereocenters. The fourth-order valence-electron chi connectivity index (χ4n) is 2.18.